The van der Waals surface area contributed by atoms with Crippen LogP contribution >= 0.6 is 0 Å². The molecule has 1 aromatic heterocycles. The van der Waals surface area contributed by atoms with Crippen LogP contribution in [0, 0.1) is 10.8 Å². The van der Waals surface area contributed by atoms with Gasteiger partial charge in [0.1, 0.15) is 5.69 Å². The van der Waals surface area contributed by atoms with E-state index in [1.807, 2.05) is 6.07 Å². The van der Waals surface area contributed by atoms with Crippen LogP contribution in [0.3, 0.4) is 0 Å². The molecule has 1 aliphatic rings. The minimum atomic E-state index is 0.452. The zero-order valence-corrected chi connectivity index (χ0v) is 7.66. The van der Waals surface area contributed by atoms with Crippen LogP contribution in [-0.2, 0) is 12.8 Å². The number of aromatic nitrogens is 1. The van der Waals surface area contributed by atoms with E-state index in [9.17, 15) is 4.91 Å². The molecule has 0 fully saturated rings. The second kappa shape index (κ2) is 3.24. The van der Waals surface area contributed by atoms with Gasteiger partial charge in [-0.15, -0.1) is 4.91 Å². The van der Waals surface area contributed by atoms with Crippen molar-refractivity contribution in [2.24, 2.45) is 11.1 Å². The molecule has 1 aliphatic carbocycles. The smallest absolute Gasteiger partial charge is 0.126 e. The minimum Gasteiger partial charge on any atom is -0.259 e. The molecule has 0 aliphatic heterocycles. The second-order valence-electron chi connectivity index (χ2n) is 3.74. The molecule has 1 unspecified atom stereocenters. The molecule has 0 N–H and O–H groups in total. The van der Waals surface area contributed by atoms with Crippen molar-refractivity contribution in [1.82, 2.24) is 4.98 Å². The molecule has 0 aromatic carbocycles. The quantitative estimate of drug-likeness (QED) is 0.617. The number of hydrogen-bond donors (Lipinski definition) is 0. The van der Waals surface area contributed by atoms with E-state index in [4.69, 9.17) is 0 Å². The molecular weight excluding hydrogens is 164 g/mol. The maximum Gasteiger partial charge on any atom is 0.126 e. The van der Waals surface area contributed by atoms with Crippen LogP contribution in [0.2, 0.25) is 0 Å². The fourth-order valence-corrected chi connectivity index (χ4v) is 1.84. The summed E-state index contributed by atoms with van der Waals surface area (Å²) in [6, 6.07) is 1.87. The number of pyridine rings is 1. The van der Waals surface area contributed by atoms with Crippen LogP contribution in [0.25, 0.3) is 0 Å². The van der Waals surface area contributed by atoms with E-state index in [1.165, 1.54) is 12.0 Å². The highest BCUT2D eigenvalue weighted by Gasteiger charge is 2.16. The van der Waals surface area contributed by atoms with Crippen molar-refractivity contribution in [2.45, 2.75) is 26.2 Å². The molecule has 2 rings (SSSR count). The SMILES string of the molecule is CC1CCc2ncc(N=O)cc2C1. The molecule has 3 heteroatoms. The van der Waals surface area contributed by atoms with Crippen LogP contribution in [0.5, 0.6) is 0 Å². The number of nitrogens with zero attached hydrogens (tertiary/aromatic N) is 2. The highest BCUT2D eigenvalue weighted by atomic mass is 16.3. The van der Waals surface area contributed by atoms with Gasteiger partial charge in [0.15, 0.2) is 0 Å². The van der Waals surface area contributed by atoms with E-state index in [2.05, 4.69) is 17.1 Å². The van der Waals surface area contributed by atoms with Gasteiger partial charge in [0, 0.05) is 5.69 Å². The largest absolute Gasteiger partial charge is 0.259 e. The van der Waals surface area contributed by atoms with Crippen LogP contribution in [0.4, 0.5) is 5.69 Å². The predicted octanol–water partition coefficient (Wildman–Crippen LogP) is 2.60. The molecule has 0 amide bonds. The Morgan fingerprint density at radius 1 is 1.62 bits per heavy atom. The average Bonchev–Trinajstić information content (AvgIpc) is 2.16. The molecule has 68 valence electrons. The van der Waals surface area contributed by atoms with Gasteiger partial charge in [0.05, 0.1) is 6.20 Å². The Morgan fingerprint density at radius 3 is 3.23 bits per heavy atom. The molecule has 13 heavy (non-hydrogen) atoms. The van der Waals surface area contributed by atoms with Gasteiger partial charge in [-0.2, -0.15) is 0 Å². The first-order valence-corrected chi connectivity index (χ1v) is 4.60. The third-order valence-electron chi connectivity index (χ3n) is 2.59. The van der Waals surface area contributed by atoms with E-state index in [0.717, 1.165) is 18.5 Å². The van der Waals surface area contributed by atoms with Gasteiger partial charge >= 0.3 is 0 Å². The van der Waals surface area contributed by atoms with Gasteiger partial charge in [-0.05, 0) is 42.0 Å². The Kier molecular flexibility index (Phi) is 2.08. The number of aryl methyl sites for hydroxylation is 1. The summed E-state index contributed by atoms with van der Waals surface area (Å²) in [5.41, 5.74) is 2.80. The van der Waals surface area contributed by atoms with Gasteiger partial charge < -0.3 is 0 Å². The lowest BCUT2D eigenvalue weighted by atomic mass is 9.88. The van der Waals surface area contributed by atoms with Crippen molar-refractivity contribution < 1.29 is 0 Å². The van der Waals surface area contributed by atoms with Crippen molar-refractivity contribution in [3.8, 4) is 0 Å². The van der Waals surface area contributed by atoms with E-state index in [-0.39, 0.29) is 0 Å². The van der Waals surface area contributed by atoms with Crippen LogP contribution in [0.1, 0.15) is 24.6 Å². The standard InChI is InChI=1S/C10H12N2O/c1-7-2-3-10-8(4-7)5-9(12-13)6-11-10/h5-7H,2-4H2,1H3. The molecule has 0 bridgehead atoms. The highest BCUT2D eigenvalue weighted by Crippen LogP contribution is 2.26. The summed E-state index contributed by atoms with van der Waals surface area (Å²) in [7, 11) is 0. The molecular formula is C10H12N2O. The van der Waals surface area contributed by atoms with Gasteiger partial charge in [-0.1, -0.05) is 6.92 Å². The first kappa shape index (κ1) is 8.35. The third-order valence-corrected chi connectivity index (χ3v) is 2.59. The van der Waals surface area contributed by atoms with Gasteiger partial charge in [0.25, 0.3) is 0 Å². The average molecular weight is 176 g/mol. The topological polar surface area (TPSA) is 42.3 Å². The Labute approximate surface area is 77.2 Å². The minimum absolute atomic E-state index is 0.452. The zero-order chi connectivity index (χ0) is 9.26. The van der Waals surface area contributed by atoms with Crippen molar-refractivity contribution in [2.75, 3.05) is 0 Å². The number of rotatable bonds is 1. The lowest BCUT2D eigenvalue weighted by Gasteiger charge is -2.19. The fourth-order valence-electron chi connectivity index (χ4n) is 1.84. The molecule has 1 atom stereocenters. The van der Waals surface area contributed by atoms with Crippen LogP contribution in [0.15, 0.2) is 17.4 Å². The summed E-state index contributed by atoms with van der Waals surface area (Å²) >= 11 is 0. The van der Waals surface area contributed by atoms with Crippen molar-refractivity contribution in [3.05, 3.63) is 28.4 Å². The van der Waals surface area contributed by atoms with E-state index in [1.54, 1.807) is 6.20 Å². The molecule has 0 saturated carbocycles. The first-order valence-electron chi connectivity index (χ1n) is 4.60. The number of nitroso groups, excluding NO2 is 1. The Hall–Kier alpha value is -1.25. The summed E-state index contributed by atoms with van der Waals surface area (Å²) in [6.45, 7) is 2.23. The van der Waals surface area contributed by atoms with E-state index >= 15 is 0 Å². The van der Waals surface area contributed by atoms with E-state index in [0.29, 0.717) is 11.6 Å². The maximum atomic E-state index is 10.3. The summed E-state index contributed by atoms with van der Waals surface area (Å²) < 4.78 is 0. The number of fused-ring (bicyclic) bond motifs is 1. The molecule has 1 aromatic rings. The maximum absolute atomic E-state index is 10.3. The lowest BCUT2D eigenvalue weighted by molar-refractivity contribution is 0.494. The van der Waals surface area contributed by atoms with Crippen molar-refractivity contribution in [3.63, 3.8) is 0 Å². The van der Waals surface area contributed by atoms with Crippen LogP contribution in [-0.4, -0.2) is 4.98 Å². The molecule has 0 spiro atoms. The molecule has 0 saturated heterocycles. The van der Waals surface area contributed by atoms with E-state index < -0.39 is 0 Å². The van der Waals surface area contributed by atoms with Gasteiger partial charge in [-0.3, -0.25) is 4.98 Å². The Balaban J connectivity index is 2.38. The Morgan fingerprint density at radius 2 is 2.46 bits per heavy atom. The third kappa shape index (κ3) is 1.59. The van der Waals surface area contributed by atoms with Gasteiger partial charge in [-0.25, -0.2) is 0 Å². The normalized spacial score (nSPS) is 20.8. The molecule has 0 radical (unpaired) electrons. The summed E-state index contributed by atoms with van der Waals surface area (Å²) in [4.78, 5) is 14.5. The fraction of sp³-hybridized carbons (Fsp3) is 0.500. The monoisotopic (exact) mass is 176 g/mol. The second-order valence-corrected chi connectivity index (χ2v) is 3.74. The molecule has 3 nitrogen and oxygen atoms in total. The zero-order valence-electron chi connectivity index (χ0n) is 7.66. The van der Waals surface area contributed by atoms with Gasteiger partial charge in [0.2, 0.25) is 0 Å². The van der Waals surface area contributed by atoms with Crippen molar-refractivity contribution in [1.29, 1.82) is 0 Å². The summed E-state index contributed by atoms with van der Waals surface area (Å²) in [6.07, 6.45) is 4.83. The first-order chi connectivity index (χ1) is 6.29. The summed E-state index contributed by atoms with van der Waals surface area (Å²) in [5, 5.41) is 2.89. The Bertz CT molecular complexity index is 336. The predicted molar refractivity (Wildman–Crippen MR) is 50.9 cm³/mol. The summed E-state index contributed by atoms with van der Waals surface area (Å²) in [5.74, 6) is 0.705. The number of hydrogen-bond acceptors (Lipinski definition) is 3. The van der Waals surface area contributed by atoms with Crippen molar-refractivity contribution >= 4 is 5.69 Å². The lowest BCUT2D eigenvalue weighted by Crippen LogP contribution is -2.12. The van der Waals surface area contributed by atoms with Crippen LogP contribution < -0.4 is 0 Å². The molecule has 1 heterocycles. The highest BCUT2D eigenvalue weighted by molar-refractivity contribution is 5.40.